The minimum Gasteiger partial charge on any atom is -0.495 e. The van der Waals surface area contributed by atoms with Crippen LogP contribution in [0, 0.1) is 11.3 Å². The van der Waals surface area contributed by atoms with E-state index in [9.17, 15) is 13.2 Å². The molecule has 7 heteroatoms. The average Bonchev–Trinajstić information content (AvgIpc) is 2.37. The number of ether oxygens (including phenoxy) is 1. The lowest BCUT2D eigenvalue weighted by molar-refractivity contribution is -0.136. The number of carboxylic acid groups (broad SMARTS) is 1. The summed E-state index contributed by atoms with van der Waals surface area (Å²) in [7, 11) is -2.43. The molecule has 1 rings (SSSR count). The normalized spacial score (nSPS) is 12.4. The highest BCUT2D eigenvalue weighted by Gasteiger charge is 2.30. The molecule has 1 aromatic carbocycles. The number of hydrogen-bond acceptors (Lipinski definition) is 5. The summed E-state index contributed by atoms with van der Waals surface area (Å²) in [5, 5.41) is 16.3. The van der Waals surface area contributed by atoms with E-state index in [-0.39, 0.29) is 12.2 Å². The van der Waals surface area contributed by atoms with Gasteiger partial charge in [-0.3, -0.25) is 4.79 Å². The molecule has 0 aliphatic heterocycles. The standard InChI is InChI=1S/C13H15NO5S/c1-3-12(13(15)16)20(17,18)8-9-4-5-10(7-14)11(6-9)19-2/h4-6,12H,3,8H2,1-2H3,(H,15,16). The highest BCUT2D eigenvalue weighted by Crippen LogP contribution is 2.22. The van der Waals surface area contributed by atoms with E-state index < -0.39 is 26.8 Å². The van der Waals surface area contributed by atoms with Gasteiger partial charge in [-0.1, -0.05) is 13.0 Å². The van der Waals surface area contributed by atoms with Gasteiger partial charge >= 0.3 is 5.97 Å². The molecule has 1 aromatic rings. The van der Waals surface area contributed by atoms with Crippen molar-refractivity contribution in [3.8, 4) is 11.8 Å². The second-order valence-electron chi connectivity index (χ2n) is 4.19. The SMILES string of the molecule is CCC(C(=O)O)S(=O)(=O)Cc1ccc(C#N)c(OC)c1. The Morgan fingerprint density at radius 2 is 2.15 bits per heavy atom. The number of rotatable bonds is 6. The Bertz CT molecular complexity index is 645. The van der Waals surface area contributed by atoms with Crippen LogP contribution in [0.4, 0.5) is 0 Å². The molecule has 6 nitrogen and oxygen atoms in total. The molecule has 1 unspecified atom stereocenters. The number of carboxylic acids is 1. The fourth-order valence-electron chi connectivity index (χ4n) is 1.83. The number of carbonyl (C=O) groups is 1. The molecule has 0 fully saturated rings. The fourth-order valence-corrected chi connectivity index (χ4v) is 3.49. The molecule has 0 aromatic heterocycles. The first kappa shape index (κ1) is 16.0. The molecule has 0 spiro atoms. The van der Waals surface area contributed by atoms with Crippen molar-refractivity contribution in [2.45, 2.75) is 24.3 Å². The van der Waals surface area contributed by atoms with Crippen LogP contribution in [0.2, 0.25) is 0 Å². The summed E-state index contributed by atoms with van der Waals surface area (Å²) in [6, 6.07) is 6.28. The van der Waals surface area contributed by atoms with Crippen molar-refractivity contribution in [1.82, 2.24) is 0 Å². The van der Waals surface area contributed by atoms with Gasteiger partial charge in [0.25, 0.3) is 0 Å². The zero-order valence-corrected chi connectivity index (χ0v) is 12.0. The lowest BCUT2D eigenvalue weighted by Crippen LogP contribution is -2.30. The predicted octanol–water partition coefficient (Wildman–Crippen LogP) is 1.34. The Hall–Kier alpha value is -2.07. The Morgan fingerprint density at radius 3 is 2.60 bits per heavy atom. The molecule has 1 atom stereocenters. The Morgan fingerprint density at radius 1 is 1.50 bits per heavy atom. The molecule has 0 radical (unpaired) electrons. The van der Waals surface area contributed by atoms with E-state index in [0.29, 0.717) is 11.1 Å². The van der Waals surface area contributed by atoms with Crippen LogP contribution in [0.3, 0.4) is 0 Å². The smallest absolute Gasteiger partial charge is 0.321 e. The first-order valence-electron chi connectivity index (χ1n) is 5.87. The summed E-state index contributed by atoms with van der Waals surface area (Å²) in [6.45, 7) is 1.51. The average molecular weight is 297 g/mol. The van der Waals surface area contributed by atoms with Crippen molar-refractivity contribution < 1.29 is 23.1 Å². The molecular weight excluding hydrogens is 282 g/mol. The summed E-state index contributed by atoms with van der Waals surface area (Å²) < 4.78 is 29.1. The summed E-state index contributed by atoms with van der Waals surface area (Å²) in [5.41, 5.74) is 0.680. The van der Waals surface area contributed by atoms with Crippen LogP contribution in [0.5, 0.6) is 5.75 Å². The topological polar surface area (TPSA) is 104 Å². The van der Waals surface area contributed by atoms with Crippen LogP contribution in [0.15, 0.2) is 18.2 Å². The van der Waals surface area contributed by atoms with E-state index in [0.717, 1.165) is 0 Å². The predicted molar refractivity (Wildman–Crippen MR) is 72.0 cm³/mol. The van der Waals surface area contributed by atoms with E-state index >= 15 is 0 Å². The minimum atomic E-state index is -3.81. The van der Waals surface area contributed by atoms with Crippen molar-refractivity contribution in [2.75, 3.05) is 7.11 Å². The maximum atomic E-state index is 12.0. The van der Waals surface area contributed by atoms with Gasteiger partial charge in [-0.15, -0.1) is 0 Å². The van der Waals surface area contributed by atoms with Crippen molar-refractivity contribution in [1.29, 1.82) is 5.26 Å². The number of aliphatic carboxylic acids is 1. The number of benzene rings is 1. The Labute approximate surface area is 117 Å². The third-order valence-electron chi connectivity index (χ3n) is 2.83. The number of nitriles is 1. The molecule has 0 amide bonds. The number of methoxy groups -OCH3 is 1. The lowest BCUT2D eigenvalue weighted by Gasteiger charge is -2.12. The van der Waals surface area contributed by atoms with E-state index in [1.165, 1.54) is 32.2 Å². The van der Waals surface area contributed by atoms with Crippen LogP contribution >= 0.6 is 0 Å². The van der Waals surface area contributed by atoms with Gasteiger partial charge in [0.2, 0.25) is 0 Å². The van der Waals surface area contributed by atoms with Gasteiger partial charge in [-0.05, 0) is 24.1 Å². The zero-order chi connectivity index (χ0) is 15.3. The monoisotopic (exact) mass is 297 g/mol. The molecule has 0 heterocycles. The van der Waals surface area contributed by atoms with Crippen LogP contribution in [0.1, 0.15) is 24.5 Å². The molecule has 0 aliphatic carbocycles. The van der Waals surface area contributed by atoms with Crippen molar-refractivity contribution in [3.63, 3.8) is 0 Å². The molecule has 20 heavy (non-hydrogen) atoms. The highest BCUT2D eigenvalue weighted by molar-refractivity contribution is 7.92. The van der Waals surface area contributed by atoms with Gasteiger partial charge in [0, 0.05) is 0 Å². The number of sulfone groups is 1. The zero-order valence-electron chi connectivity index (χ0n) is 11.2. The molecule has 0 saturated heterocycles. The van der Waals surface area contributed by atoms with Crippen molar-refractivity contribution in [2.24, 2.45) is 0 Å². The van der Waals surface area contributed by atoms with Crippen LogP contribution < -0.4 is 4.74 Å². The molecule has 0 saturated carbocycles. The van der Waals surface area contributed by atoms with Gasteiger partial charge in [0.1, 0.15) is 11.8 Å². The first-order valence-corrected chi connectivity index (χ1v) is 7.58. The van der Waals surface area contributed by atoms with E-state index in [4.69, 9.17) is 15.1 Å². The number of hydrogen-bond donors (Lipinski definition) is 1. The maximum Gasteiger partial charge on any atom is 0.321 e. The van der Waals surface area contributed by atoms with Crippen LogP contribution in [-0.2, 0) is 20.4 Å². The van der Waals surface area contributed by atoms with Crippen molar-refractivity contribution >= 4 is 15.8 Å². The second kappa shape index (κ2) is 6.39. The Balaban J connectivity index is 3.10. The van der Waals surface area contributed by atoms with Gasteiger partial charge in [0.15, 0.2) is 15.1 Å². The third-order valence-corrected chi connectivity index (χ3v) is 4.97. The second-order valence-corrected chi connectivity index (χ2v) is 6.37. The lowest BCUT2D eigenvalue weighted by atomic mass is 10.1. The van der Waals surface area contributed by atoms with E-state index in [1.807, 2.05) is 6.07 Å². The summed E-state index contributed by atoms with van der Waals surface area (Å²) in [5.74, 6) is -1.49. The van der Waals surface area contributed by atoms with Gasteiger partial charge in [-0.2, -0.15) is 5.26 Å². The Kier molecular flexibility index (Phi) is 5.11. The fraction of sp³-hybridized carbons (Fsp3) is 0.385. The first-order chi connectivity index (χ1) is 9.35. The van der Waals surface area contributed by atoms with E-state index in [2.05, 4.69) is 0 Å². The minimum absolute atomic E-state index is 0.00504. The largest absolute Gasteiger partial charge is 0.495 e. The molecular formula is C13H15NO5S. The summed E-state index contributed by atoms with van der Waals surface area (Å²) in [4.78, 5) is 10.9. The molecule has 0 aliphatic rings. The number of nitrogens with zero attached hydrogens (tertiary/aromatic N) is 1. The third kappa shape index (κ3) is 3.48. The summed E-state index contributed by atoms with van der Waals surface area (Å²) in [6.07, 6.45) is 0.00504. The van der Waals surface area contributed by atoms with Crippen LogP contribution in [0.25, 0.3) is 0 Å². The van der Waals surface area contributed by atoms with E-state index in [1.54, 1.807) is 0 Å². The van der Waals surface area contributed by atoms with Crippen LogP contribution in [-0.4, -0.2) is 31.9 Å². The highest BCUT2D eigenvalue weighted by atomic mass is 32.2. The van der Waals surface area contributed by atoms with Gasteiger partial charge in [0.05, 0.1) is 18.4 Å². The van der Waals surface area contributed by atoms with Gasteiger partial charge in [-0.25, -0.2) is 8.42 Å². The molecule has 0 bridgehead atoms. The van der Waals surface area contributed by atoms with Gasteiger partial charge < -0.3 is 9.84 Å². The van der Waals surface area contributed by atoms with Crippen molar-refractivity contribution in [3.05, 3.63) is 29.3 Å². The maximum absolute atomic E-state index is 12.0. The molecule has 1 N–H and O–H groups in total. The quantitative estimate of drug-likeness (QED) is 0.849. The molecule has 108 valence electrons. The summed E-state index contributed by atoms with van der Waals surface area (Å²) >= 11 is 0.